The Hall–Kier alpha value is -2.13. The maximum Gasteiger partial charge on any atom is 0.241 e. The predicted molar refractivity (Wildman–Crippen MR) is 144 cm³/mol. The van der Waals surface area contributed by atoms with Crippen molar-refractivity contribution in [3.05, 3.63) is 100 Å². The molecule has 34 heavy (non-hydrogen) atoms. The van der Waals surface area contributed by atoms with Gasteiger partial charge in [0.2, 0.25) is 10.0 Å². The minimum absolute atomic E-state index is 0.187. The molecule has 0 bridgehead atoms. The van der Waals surface area contributed by atoms with E-state index in [0.717, 1.165) is 21.2 Å². The molecular weight excluding hydrogens is 532 g/mol. The molecule has 0 spiro atoms. The number of sulfonamides is 1. The van der Waals surface area contributed by atoms with E-state index in [2.05, 4.69) is 25.0 Å². The van der Waals surface area contributed by atoms with Gasteiger partial charge in [-0.2, -0.15) is 4.40 Å². The molecule has 180 valence electrons. The summed E-state index contributed by atoms with van der Waals surface area (Å²) >= 11 is 3.56. The van der Waals surface area contributed by atoms with Gasteiger partial charge in [0.1, 0.15) is 11.0 Å². The summed E-state index contributed by atoms with van der Waals surface area (Å²) in [6.07, 6.45) is 0.222. The Morgan fingerprint density at radius 2 is 1.56 bits per heavy atom. The van der Waals surface area contributed by atoms with Crippen molar-refractivity contribution in [2.24, 2.45) is 4.40 Å². The van der Waals surface area contributed by atoms with E-state index in [9.17, 15) is 12.6 Å². The Bertz CT molecular complexity index is 1280. The molecule has 0 amide bonds. The van der Waals surface area contributed by atoms with Gasteiger partial charge in [0.25, 0.3) is 0 Å². The van der Waals surface area contributed by atoms with Crippen LogP contribution in [0.3, 0.4) is 0 Å². The molecule has 0 saturated heterocycles. The summed E-state index contributed by atoms with van der Waals surface area (Å²) in [5.41, 5.74) is 3.11. The Balaban J connectivity index is 2.08. The number of aryl methyl sites for hydroxylation is 1. The monoisotopic (exact) mass is 560 g/mol. The third kappa shape index (κ3) is 6.95. The van der Waals surface area contributed by atoms with E-state index in [4.69, 9.17) is 0 Å². The van der Waals surface area contributed by atoms with Gasteiger partial charge in [0, 0.05) is 10.9 Å². The van der Waals surface area contributed by atoms with Crippen LogP contribution in [0.4, 0.5) is 0 Å². The Morgan fingerprint density at radius 1 is 0.971 bits per heavy atom. The van der Waals surface area contributed by atoms with E-state index in [1.807, 2.05) is 82.3 Å². The first-order chi connectivity index (χ1) is 16.0. The van der Waals surface area contributed by atoms with Crippen molar-refractivity contribution in [1.29, 1.82) is 0 Å². The van der Waals surface area contributed by atoms with E-state index >= 15 is 0 Å². The number of nitrogens with zero attached hydrogens (tertiary/aromatic N) is 1. The molecular formula is C26H29BrN2O3S2. The molecule has 3 rings (SSSR count). The van der Waals surface area contributed by atoms with Gasteiger partial charge in [-0.15, -0.1) is 0 Å². The second-order valence-electron chi connectivity index (χ2n) is 8.98. The van der Waals surface area contributed by atoms with Crippen molar-refractivity contribution >= 4 is 42.7 Å². The minimum atomic E-state index is -3.83. The standard InChI is InChI=1S/C26H29BrN2O3S2/c1-19-14-16-21(17-15-19)34(31,32)29-25(22-12-8-9-13-23(22)27)18-24(20-10-6-5-7-11-20)28-33(30)26(2,3)4/h5-17,25,29H,18H2,1-4H3/b28-24-/t25-,33+/m0/s1. The highest BCUT2D eigenvalue weighted by atomic mass is 79.9. The fourth-order valence-electron chi connectivity index (χ4n) is 3.21. The number of benzene rings is 3. The molecule has 3 aromatic carbocycles. The van der Waals surface area contributed by atoms with Gasteiger partial charge in [0.05, 0.1) is 21.4 Å². The highest BCUT2D eigenvalue weighted by molar-refractivity contribution is 9.10. The van der Waals surface area contributed by atoms with E-state index < -0.39 is 31.8 Å². The fourth-order valence-corrected chi connectivity index (χ4v) is 5.64. The number of halogens is 1. The zero-order valence-corrected chi connectivity index (χ0v) is 22.9. The number of hydrogen-bond donors (Lipinski definition) is 1. The van der Waals surface area contributed by atoms with Crippen LogP contribution in [0.1, 0.15) is 49.9 Å². The summed E-state index contributed by atoms with van der Waals surface area (Å²) in [5.74, 6) is 0. The zero-order chi connectivity index (χ0) is 24.9. The van der Waals surface area contributed by atoms with Crippen molar-refractivity contribution in [2.45, 2.75) is 49.8 Å². The highest BCUT2D eigenvalue weighted by Crippen LogP contribution is 2.29. The van der Waals surface area contributed by atoms with Crippen LogP contribution in [0.5, 0.6) is 0 Å². The third-order valence-corrected chi connectivity index (χ3v) is 8.77. The van der Waals surface area contributed by atoms with Gasteiger partial charge in [-0.3, -0.25) is 0 Å². The van der Waals surface area contributed by atoms with Crippen LogP contribution in [-0.2, 0) is 21.0 Å². The SMILES string of the molecule is Cc1ccc(S(=O)(=O)N[C@@H](C/C(=N/[S@](=O)C(C)(C)C)c2ccccc2)c2ccccc2Br)cc1. The molecule has 0 heterocycles. The second-order valence-corrected chi connectivity index (χ2v) is 13.5. The Kier molecular flexibility index (Phi) is 8.62. The summed E-state index contributed by atoms with van der Waals surface area (Å²) in [6.45, 7) is 7.49. The summed E-state index contributed by atoms with van der Waals surface area (Å²) in [7, 11) is -5.34. The maximum absolute atomic E-state index is 13.3. The lowest BCUT2D eigenvalue weighted by Gasteiger charge is -2.22. The minimum Gasteiger partial charge on any atom is -0.234 e. The molecule has 5 nitrogen and oxygen atoms in total. The van der Waals surface area contributed by atoms with Crippen LogP contribution in [-0.4, -0.2) is 23.1 Å². The van der Waals surface area contributed by atoms with E-state index in [1.54, 1.807) is 24.3 Å². The van der Waals surface area contributed by atoms with Crippen molar-refractivity contribution in [2.75, 3.05) is 0 Å². The molecule has 0 saturated carbocycles. The molecule has 0 aliphatic carbocycles. The highest BCUT2D eigenvalue weighted by Gasteiger charge is 2.27. The molecule has 2 atom stereocenters. The van der Waals surface area contributed by atoms with Crippen LogP contribution in [0, 0.1) is 6.92 Å². The smallest absolute Gasteiger partial charge is 0.234 e. The molecule has 0 aromatic heterocycles. The number of rotatable bonds is 8. The van der Waals surface area contributed by atoms with Crippen molar-refractivity contribution in [1.82, 2.24) is 4.72 Å². The first kappa shape index (κ1) is 26.5. The van der Waals surface area contributed by atoms with Crippen molar-refractivity contribution in [3.8, 4) is 0 Å². The second kappa shape index (κ2) is 11.1. The number of hydrogen-bond acceptors (Lipinski definition) is 3. The topological polar surface area (TPSA) is 75.6 Å². The van der Waals surface area contributed by atoms with Gasteiger partial charge in [-0.1, -0.05) is 82.2 Å². The average molecular weight is 562 g/mol. The zero-order valence-electron chi connectivity index (χ0n) is 19.7. The third-order valence-electron chi connectivity index (χ3n) is 5.13. The van der Waals surface area contributed by atoms with E-state index in [-0.39, 0.29) is 11.3 Å². The molecule has 1 N–H and O–H groups in total. The summed E-state index contributed by atoms with van der Waals surface area (Å²) in [5, 5.41) is 0. The predicted octanol–water partition coefficient (Wildman–Crippen LogP) is 6.12. The molecule has 0 aliphatic heterocycles. The molecule has 0 radical (unpaired) electrons. The first-order valence-corrected chi connectivity index (χ1v) is 14.2. The summed E-state index contributed by atoms with van der Waals surface area (Å²) < 4.78 is 47.2. The lowest BCUT2D eigenvalue weighted by molar-refractivity contribution is 0.560. The van der Waals surface area contributed by atoms with Crippen LogP contribution in [0.15, 0.2) is 92.6 Å². The van der Waals surface area contributed by atoms with Gasteiger partial charge in [-0.05, 0) is 57.0 Å². The van der Waals surface area contributed by atoms with Gasteiger partial charge < -0.3 is 0 Å². The first-order valence-electron chi connectivity index (χ1n) is 10.9. The molecule has 3 aromatic rings. The van der Waals surface area contributed by atoms with E-state index in [0.29, 0.717) is 5.71 Å². The average Bonchev–Trinajstić information content (AvgIpc) is 2.78. The van der Waals surface area contributed by atoms with Crippen molar-refractivity contribution in [3.63, 3.8) is 0 Å². The Morgan fingerprint density at radius 3 is 2.15 bits per heavy atom. The summed E-state index contributed by atoms with van der Waals surface area (Å²) in [4.78, 5) is 0.187. The van der Waals surface area contributed by atoms with Gasteiger partial charge in [-0.25, -0.2) is 17.3 Å². The maximum atomic E-state index is 13.3. The lowest BCUT2D eigenvalue weighted by Crippen LogP contribution is -2.31. The van der Waals surface area contributed by atoms with Gasteiger partial charge >= 0.3 is 0 Å². The van der Waals surface area contributed by atoms with Crippen LogP contribution in [0.25, 0.3) is 0 Å². The lowest BCUT2D eigenvalue weighted by atomic mass is 9.98. The largest absolute Gasteiger partial charge is 0.241 e. The van der Waals surface area contributed by atoms with Crippen molar-refractivity contribution < 1.29 is 12.6 Å². The fraction of sp³-hybridized carbons (Fsp3) is 0.269. The van der Waals surface area contributed by atoms with Crippen LogP contribution < -0.4 is 4.72 Å². The number of nitrogens with one attached hydrogen (secondary N) is 1. The molecule has 0 aliphatic rings. The molecule has 0 fully saturated rings. The summed E-state index contributed by atoms with van der Waals surface area (Å²) in [6, 6.07) is 23.0. The molecule has 0 unspecified atom stereocenters. The Labute approximate surface area is 213 Å². The normalized spacial score (nSPS) is 14.6. The van der Waals surface area contributed by atoms with Crippen LogP contribution >= 0.6 is 15.9 Å². The molecule has 8 heteroatoms. The van der Waals surface area contributed by atoms with Crippen LogP contribution in [0.2, 0.25) is 0 Å². The van der Waals surface area contributed by atoms with E-state index in [1.165, 1.54) is 0 Å². The van der Waals surface area contributed by atoms with Gasteiger partial charge in [0.15, 0.2) is 0 Å². The quantitative estimate of drug-likeness (QED) is 0.337.